The van der Waals surface area contributed by atoms with Crippen LogP contribution >= 0.6 is 11.8 Å². The van der Waals surface area contributed by atoms with Crippen molar-refractivity contribution in [1.29, 1.82) is 0 Å². The van der Waals surface area contributed by atoms with Gasteiger partial charge in [0, 0.05) is 17.8 Å². The van der Waals surface area contributed by atoms with Gasteiger partial charge in [-0.25, -0.2) is 0 Å². The number of nitro groups is 1. The Bertz CT molecular complexity index is 701. The van der Waals surface area contributed by atoms with Gasteiger partial charge in [0.05, 0.1) is 17.2 Å². The average molecular weight is 376 g/mol. The molecule has 7 nitrogen and oxygen atoms in total. The second-order valence-electron chi connectivity index (χ2n) is 6.22. The van der Waals surface area contributed by atoms with Gasteiger partial charge in [0.15, 0.2) is 5.17 Å². The first-order valence-electron chi connectivity index (χ1n) is 8.79. The molecule has 8 heteroatoms. The quantitative estimate of drug-likeness (QED) is 0.277. The third kappa shape index (κ3) is 5.94. The summed E-state index contributed by atoms with van der Waals surface area (Å²) in [5.41, 5.74) is 1.82. The molecule has 0 atom stereocenters. The topological polar surface area (TPSA) is 88.2 Å². The van der Waals surface area contributed by atoms with E-state index >= 15 is 0 Å². The van der Waals surface area contributed by atoms with Gasteiger partial charge in [-0.15, -0.1) is 5.10 Å². The molecule has 1 saturated heterocycles. The highest BCUT2D eigenvalue weighted by molar-refractivity contribution is 8.15. The summed E-state index contributed by atoms with van der Waals surface area (Å²) < 4.78 is 0. The van der Waals surface area contributed by atoms with E-state index < -0.39 is 4.92 Å². The molecule has 0 aromatic heterocycles. The van der Waals surface area contributed by atoms with Crippen molar-refractivity contribution in [1.82, 2.24) is 4.90 Å². The number of rotatable bonds is 9. The highest BCUT2D eigenvalue weighted by atomic mass is 32.2. The maximum Gasteiger partial charge on any atom is 0.269 e. The molecule has 2 rings (SSSR count). The molecule has 0 bridgehead atoms. The lowest BCUT2D eigenvalue weighted by atomic mass is 10.1. The van der Waals surface area contributed by atoms with Crippen molar-refractivity contribution in [3.63, 3.8) is 0 Å². The Morgan fingerprint density at radius 1 is 1.27 bits per heavy atom. The lowest BCUT2D eigenvalue weighted by molar-refractivity contribution is -0.384. The van der Waals surface area contributed by atoms with Crippen molar-refractivity contribution in [3.8, 4) is 0 Å². The zero-order chi connectivity index (χ0) is 18.9. The van der Waals surface area contributed by atoms with Gasteiger partial charge < -0.3 is 0 Å². The summed E-state index contributed by atoms with van der Waals surface area (Å²) in [6.45, 7) is 4.48. The van der Waals surface area contributed by atoms with Gasteiger partial charge in [-0.2, -0.15) is 5.10 Å². The fraction of sp³-hybridized carbons (Fsp3) is 0.500. The van der Waals surface area contributed by atoms with Crippen molar-refractivity contribution >= 4 is 34.2 Å². The van der Waals surface area contributed by atoms with Crippen LogP contribution in [0.2, 0.25) is 0 Å². The van der Waals surface area contributed by atoms with E-state index in [0.29, 0.717) is 17.5 Å². The van der Waals surface area contributed by atoms with E-state index in [-0.39, 0.29) is 11.6 Å². The van der Waals surface area contributed by atoms with E-state index in [1.54, 1.807) is 17.0 Å². The molecule has 1 heterocycles. The second-order valence-corrected chi connectivity index (χ2v) is 7.16. The van der Waals surface area contributed by atoms with Crippen LogP contribution in [0, 0.1) is 10.1 Å². The van der Waals surface area contributed by atoms with E-state index in [1.807, 2.05) is 6.92 Å². The Labute approximate surface area is 157 Å². The lowest BCUT2D eigenvalue weighted by Gasteiger charge is -2.15. The number of nitrogens with zero attached hydrogens (tertiary/aromatic N) is 4. The van der Waals surface area contributed by atoms with Crippen LogP contribution in [-0.2, 0) is 11.3 Å². The maximum atomic E-state index is 12.1. The molecule has 1 aromatic carbocycles. The number of hydrogen-bond donors (Lipinski definition) is 0. The molecule has 0 spiro atoms. The second kappa shape index (κ2) is 10.1. The minimum Gasteiger partial charge on any atom is -0.285 e. The Balaban J connectivity index is 1.99. The Kier molecular flexibility index (Phi) is 7.77. The number of non-ortho nitro benzene ring substituents is 1. The van der Waals surface area contributed by atoms with Crippen LogP contribution in [0.3, 0.4) is 0 Å². The number of carbonyl (C=O) groups excluding carboxylic acids is 1. The predicted molar refractivity (Wildman–Crippen MR) is 105 cm³/mol. The van der Waals surface area contributed by atoms with E-state index in [2.05, 4.69) is 17.1 Å². The molecular formula is C18H24N4O3S. The Morgan fingerprint density at radius 2 is 2.00 bits per heavy atom. The molecule has 1 aliphatic heterocycles. The van der Waals surface area contributed by atoms with E-state index in [4.69, 9.17) is 0 Å². The minimum atomic E-state index is -0.439. The average Bonchev–Trinajstić information content (AvgIpc) is 2.97. The minimum absolute atomic E-state index is 0.0251. The van der Waals surface area contributed by atoms with Gasteiger partial charge in [0.2, 0.25) is 5.91 Å². The number of amides is 1. The fourth-order valence-electron chi connectivity index (χ4n) is 2.52. The molecule has 1 aliphatic rings. The lowest BCUT2D eigenvalue weighted by Crippen LogP contribution is -2.28. The first kappa shape index (κ1) is 20.1. The monoisotopic (exact) mass is 376 g/mol. The summed E-state index contributed by atoms with van der Waals surface area (Å²) in [5.74, 6) is 0.319. The highest BCUT2D eigenvalue weighted by Gasteiger charge is 2.28. The number of thioether (sulfide) groups is 1. The fourth-order valence-corrected chi connectivity index (χ4v) is 3.35. The summed E-state index contributed by atoms with van der Waals surface area (Å²) in [4.78, 5) is 24.0. The predicted octanol–water partition coefficient (Wildman–Crippen LogP) is 4.37. The first-order valence-corrected chi connectivity index (χ1v) is 9.77. The third-order valence-electron chi connectivity index (χ3n) is 4.04. The zero-order valence-corrected chi connectivity index (χ0v) is 16.0. The SMILES string of the molecule is CCCCCC/C(C)=N/N=C1\SCC(=O)N1Cc1ccc([N+](=O)[O-])cc1. The molecule has 0 aliphatic carbocycles. The summed E-state index contributed by atoms with van der Waals surface area (Å²) in [7, 11) is 0. The van der Waals surface area contributed by atoms with Crippen molar-refractivity contribution in [2.75, 3.05) is 5.75 Å². The number of carbonyl (C=O) groups is 1. The van der Waals surface area contributed by atoms with Crippen molar-refractivity contribution < 1.29 is 9.72 Å². The molecule has 0 saturated carbocycles. The Morgan fingerprint density at radius 3 is 2.65 bits per heavy atom. The summed E-state index contributed by atoms with van der Waals surface area (Å²) in [5, 5.41) is 19.8. The van der Waals surface area contributed by atoms with Crippen molar-refractivity contribution in [3.05, 3.63) is 39.9 Å². The van der Waals surface area contributed by atoms with Gasteiger partial charge in [0.25, 0.3) is 5.69 Å². The molecule has 140 valence electrons. The van der Waals surface area contributed by atoms with Gasteiger partial charge in [-0.3, -0.25) is 19.8 Å². The van der Waals surface area contributed by atoms with Gasteiger partial charge in [-0.05, 0) is 25.3 Å². The highest BCUT2D eigenvalue weighted by Crippen LogP contribution is 2.23. The van der Waals surface area contributed by atoms with Gasteiger partial charge >= 0.3 is 0 Å². The molecule has 0 unspecified atom stereocenters. The molecule has 1 aromatic rings. The molecule has 26 heavy (non-hydrogen) atoms. The van der Waals surface area contributed by atoms with Crippen LogP contribution in [-0.4, -0.2) is 32.4 Å². The van der Waals surface area contributed by atoms with Crippen molar-refractivity contribution in [2.24, 2.45) is 10.2 Å². The number of amidine groups is 1. The van der Waals surface area contributed by atoms with E-state index in [0.717, 1.165) is 24.1 Å². The first-order chi connectivity index (χ1) is 12.5. The molecule has 1 fully saturated rings. The van der Waals surface area contributed by atoms with Crippen LogP contribution < -0.4 is 0 Å². The largest absolute Gasteiger partial charge is 0.285 e. The zero-order valence-electron chi connectivity index (χ0n) is 15.2. The number of benzene rings is 1. The number of nitro benzene ring substituents is 1. The van der Waals surface area contributed by atoms with Crippen LogP contribution in [0.1, 0.15) is 51.5 Å². The van der Waals surface area contributed by atoms with Crippen LogP contribution in [0.15, 0.2) is 34.5 Å². The van der Waals surface area contributed by atoms with Crippen molar-refractivity contribution in [2.45, 2.75) is 52.5 Å². The summed E-state index contributed by atoms with van der Waals surface area (Å²) >= 11 is 1.37. The van der Waals surface area contributed by atoms with Gasteiger partial charge in [-0.1, -0.05) is 50.1 Å². The molecule has 0 radical (unpaired) electrons. The number of hydrogen-bond acceptors (Lipinski definition) is 6. The number of unbranched alkanes of at least 4 members (excludes halogenated alkanes) is 3. The van der Waals surface area contributed by atoms with Crippen LogP contribution in [0.25, 0.3) is 0 Å². The summed E-state index contributed by atoms with van der Waals surface area (Å²) in [6, 6.07) is 6.21. The molecule has 0 N–H and O–H groups in total. The normalized spacial score (nSPS) is 16.5. The van der Waals surface area contributed by atoms with E-state index in [9.17, 15) is 14.9 Å². The maximum absolute atomic E-state index is 12.1. The van der Waals surface area contributed by atoms with Gasteiger partial charge in [0.1, 0.15) is 0 Å². The smallest absolute Gasteiger partial charge is 0.269 e. The van der Waals surface area contributed by atoms with Crippen LogP contribution in [0.4, 0.5) is 5.69 Å². The molecular weight excluding hydrogens is 352 g/mol. The Hall–Kier alpha value is -2.22. The third-order valence-corrected chi connectivity index (χ3v) is 4.99. The van der Waals surface area contributed by atoms with Crippen LogP contribution in [0.5, 0.6) is 0 Å². The van der Waals surface area contributed by atoms with E-state index in [1.165, 1.54) is 43.2 Å². The molecule has 1 amide bonds. The summed E-state index contributed by atoms with van der Waals surface area (Å²) in [6.07, 6.45) is 5.65. The standard InChI is InChI=1S/C18H24N4O3S/c1-3-4-5-6-7-14(2)19-20-18-21(17(23)13-26-18)12-15-8-10-16(11-9-15)22(24)25/h8-11H,3-7,12-13H2,1-2H3/b19-14+,20-18-.